The Morgan fingerprint density at radius 1 is 0.947 bits per heavy atom. The first-order chi connectivity index (χ1) is 18.6. The van der Waals surface area contributed by atoms with Crippen LogP contribution in [0.5, 0.6) is 0 Å². The zero-order valence-corrected chi connectivity index (χ0v) is 20.8. The van der Waals surface area contributed by atoms with Crippen LogP contribution >= 0.6 is 0 Å². The first kappa shape index (κ1) is 23.8. The fourth-order valence-corrected chi connectivity index (χ4v) is 4.71. The van der Waals surface area contributed by atoms with E-state index in [0.29, 0.717) is 36.8 Å². The van der Waals surface area contributed by atoms with Crippen LogP contribution in [0.3, 0.4) is 0 Å². The van der Waals surface area contributed by atoms with E-state index in [1.165, 1.54) is 22.9 Å². The van der Waals surface area contributed by atoms with E-state index in [-0.39, 0.29) is 17.5 Å². The summed E-state index contributed by atoms with van der Waals surface area (Å²) in [6, 6.07) is 27.1. The van der Waals surface area contributed by atoms with Crippen molar-refractivity contribution in [3.05, 3.63) is 118 Å². The first-order valence-electron chi connectivity index (χ1n) is 12.5. The fraction of sp³-hybridized carbons (Fsp3) is 0.167. The maximum atomic E-state index is 13.7. The summed E-state index contributed by atoms with van der Waals surface area (Å²) in [5.74, 6) is 0.462. The normalized spacial score (nSPS) is 14.6. The Morgan fingerprint density at radius 2 is 1.71 bits per heavy atom. The van der Waals surface area contributed by atoms with Crippen molar-refractivity contribution >= 4 is 5.82 Å². The third kappa shape index (κ3) is 4.62. The van der Waals surface area contributed by atoms with Crippen LogP contribution in [0, 0.1) is 12.7 Å². The number of halogens is 1. The van der Waals surface area contributed by atoms with E-state index in [1.807, 2.05) is 66.2 Å². The number of nitrogens with zero attached hydrogens (tertiary/aromatic N) is 4. The van der Waals surface area contributed by atoms with Crippen LogP contribution in [0.25, 0.3) is 28.2 Å². The lowest BCUT2D eigenvalue weighted by Crippen LogP contribution is -2.34. The Kier molecular flexibility index (Phi) is 6.31. The van der Waals surface area contributed by atoms with Crippen LogP contribution in [-0.2, 0) is 17.9 Å². The lowest BCUT2D eigenvalue weighted by Gasteiger charge is -2.26. The fourth-order valence-electron chi connectivity index (χ4n) is 4.71. The molecule has 6 rings (SSSR count). The summed E-state index contributed by atoms with van der Waals surface area (Å²) in [5.41, 5.74) is 5.27. The van der Waals surface area contributed by atoms with E-state index in [1.54, 1.807) is 18.2 Å². The second-order valence-electron chi connectivity index (χ2n) is 9.32. The number of aromatic nitrogens is 4. The third-order valence-electron chi connectivity index (χ3n) is 6.67. The van der Waals surface area contributed by atoms with Crippen LogP contribution in [-0.4, -0.2) is 32.2 Å². The van der Waals surface area contributed by atoms with Crippen molar-refractivity contribution in [2.45, 2.75) is 26.2 Å². The average molecular weight is 508 g/mol. The summed E-state index contributed by atoms with van der Waals surface area (Å²) < 4.78 is 23.2. The molecule has 0 unspecified atom stereocenters. The molecule has 3 aromatic carbocycles. The van der Waals surface area contributed by atoms with Gasteiger partial charge in [0.2, 0.25) is 0 Å². The van der Waals surface area contributed by atoms with Crippen molar-refractivity contribution in [2.24, 2.45) is 0 Å². The second-order valence-corrected chi connectivity index (χ2v) is 9.32. The molecule has 0 spiro atoms. The second kappa shape index (κ2) is 10.1. The van der Waals surface area contributed by atoms with E-state index in [0.717, 1.165) is 28.1 Å². The van der Waals surface area contributed by atoms with E-state index < -0.39 is 0 Å². The molecule has 1 N–H and O–H groups in total. The number of para-hydroxylation sites is 1. The molecule has 7 nitrogen and oxygen atoms in total. The molecule has 0 aliphatic carbocycles. The molecule has 5 aromatic rings. The molecule has 0 saturated heterocycles. The third-order valence-corrected chi connectivity index (χ3v) is 6.67. The average Bonchev–Trinajstić information content (AvgIpc) is 3.32. The van der Waals surface area contributed by atoms with E-state index >= 15 is 0 Å². The van der Waals surface area contributed by atoms with Gasteiger partial charge in [-0.25, -0.2) is 9.07 Å². The van der Waals surface area contributed by atoms with Gasteiger partial charge in [0.1, 0.15) is 17.3 Å². The number of nitrogens with one attached hydrogen (secondary N) is 1. The highest BCUT2D eigenvalue weighted by Crippen LogP contribution is 2.38. The van der Waals surface area contributed by atoms with Crippen molar-refractivity contribution in [1.29, 1.82) is 0 Å². The minimum atomic E-state index is -0.321. The van der Waals surface area contributed by atoms with E-state index in [4.69, 9.17) is 14.9 Å². The van der Waals surface area contributed by atoms with Gasteiger partial charge in [0.05, 0.1) is 36.2 Å². The molecule has 0 amide bonds. The van der Waals surface area contributed by atoms with Crippen molar-refractivity contribution in [2.75, 3.05) is 11.9 Å². The Hall–Kier alpha value is -4.56. The maximum Gasteiger partial charge on any atom is 0.271 e. The minimum Gasteiger partial charge on any atom is -0.370 e. The van der Waals surface area contributed by atoms with Gasteiger partial charge in [0.15, 0.2) is 0 Å². The van der Waals surface area contributed by atoms with Crippen LogP contribution in [0.2, 0.25) is 0 Å². The molecule has 1 aliphatic rings. The number of hydrogen-bond donors (Lipinski definition) is 1. The van der Waals surface area contributed by atoms with Gasteiger partial charge >= 0.3 is 0 Å². The summed E-state index contributed by atoms with van der Waals surface area (Å²) in [6.45, 7) is 3.58. The number of anilines is 1. The van der Waals surface area contributed by atoms with Gasteiger partial charge in [0, 0.05) is 18.2 Å². The number of hydrogen-bond acceptors (Lipinski definition) is 5. The molecule has 1 aliphatic heterocycles. The molecular formula is C30H26FN5O2. The topological polar surface area (TPSA) is 74.0 Å². The van der Waals surface area contributed by atoms with Crippen LogP contribution < -0.4 is 10.9 Å². The molecule has 3 heterocycles. The molecular weight excluding hydrogens is 481 g/mol. The van der Waals surface area contributed by atoms with Gasteiger partial charge in [-0.1, -0.05) is 48.5 Å². The van der Waals surface area contributed by atoms with Gasteiger partial charge in [-0.2, -0.15) is 14.9 Å². The number of aryl methyl sites for hydroxylation is 1. The number of ether oxygens (including phenoxy) is 1. The number of rotatable bonds is 6. The standard InChI is InChI=1S/C30H26FN5O2/c1-20-7-5-6-10-26(20)36-27(37)16-15-25(33-36)28-29(22-11-13-23(31)14-12-22)34-35-18-24(17-32-30(28)35)38-19-21-8-3-2-4-9-21/h2-16,24,32H,17-19H2,1H3/t24-/m0/s1. The van der Waals surface area contributed by atoms with E-state index in [9.17, 15) is 9.18 Å². The molecule has 0 radical (unpaired) electrons. The van der Waals surface area contributed by atoms with Crippen LogP contribution in [0.4, 0.5) is 10.2 Å². The van der Waals surface area contributed by atoms with Gasteiger partial charge in [-0.05, 0) is 54.4 Å². The summed E-state index contributed by atoms with van der Waals surface area (Å²) in [7, 11) is 0. The van der Waals surface area contributed by atoms with Gasteiger partial charge < -0.3 is 10.1 Å². The number of benzene rings is 3. The van der Waals surface area contributed by atoms with Crippen molar-refractivity contribution in [1.82, 2.24) is 19.6 Å². The summed E-state index contributed by atoms with van der Waals surface area (Å²) in [5, 5.41) is 13.1. The lowest BCUT2D eigenvalue weighted by molar-refractivity contribution is 0.0320. The lowest BCUT2D eigenvalue weighted by atomic mass is 10.0. The molecule has 8 heteroatoms. The molecule has 0 bridgehead atoms. The van der Waals surface area contributed by atoms with Crippen molar-refractivity contribution in [3.63, 3.8) is 0 Å². The SMILES string of the molecule is Cc1ccccc1-n1nc(-c2c(-c3ccc(F)cc3)nn3c2NC[C@H](OCc2ccccc2)C3)ccc1=O. The molecule has 38 heavy (non-hydrogen) atoms. The maximum absolute atomic E-state index is 13.7. The molecule has 0 fully saturated rings. The van der Waals surface area contributed by atoms with E-state index in [2.05, 4.69) is 5.32 Å². The molecule has 0 saturated carbocycles. The zero-order valence-electron chi connectivity index (χ0n) is 20.8. The van der Waals surface area contributed by atoms with Crippen molar-refractivity contribution in [3.8, 4) is 28.2 Å². The smallest absolute Gasteiger partial charge is 0.271 e. The first-order valence-corrected chi connectivity index (χ1v) is 12.5. The van der Waals surface area contributed by atoms with Crippen LogP contribution in [0.1, 0.15) is 11.1 Å². The largest absolute Gasteiger partial charge is 0.370 e. The predicted molar refractivity (Wildman–Crippen MR) is 145 cm³/mol. The Bertz CT molecular complexity index is 1640. The zero-order chi connectivity index (χ0) is 26.1. The monoisotopic (exact) mass is 507 g/mol. The Labute approximate surface area is 219 Å². The Morgan fingerprint density at radius 3 is 2.50 bits per heavy atom. The quantitative estimate of drug-likeness (QED) is 0.341. The van der Waals surface area contributed by atoms with Crippen LogP contribution in [0.15, 0.2) is 95.8 Å². The minimum absolute atomic E-state index is 0.0922. The highest BCUT2D eigenvalue weighted by Gasteiger charge is 2.28. The summed E-state index contributed by atoms with van der Waals surface area (Å²) in [4.78, 5) is 12.8. The molecule has 2 aromatic heterocycles. The molecule has 1 atom stereocenters. The summed E-state index contributed by atoms with van der Waals surface area (Å²) in [6.07, 6.45) is -0.0922. The molecule has 190 valence electrons. The van der Waals surface area contributed by atoms with Gasteiger partial charge in [-0.3, -0.25) is 4.79 Å². The number of fused-ring (bicyclic) bond motifs is 1. The highest BCUT2D eigenvalue weighted by molar-refractivity contribution is 5.87. The Balaban J connectivity index is 1.41. The summed E-state index contributed by atoms with van der Waals surface area (Å²) >= 11 is 0. The predicted octanol–water partition coefficient (Wildman–Crippen LogP) is 5.22. The highest BCUT2D eigenvalue weighted by atomic mass is 19.1. The van der Waals surface area contributed by atoms with Gasteiger partial charge in [-0.15, -0.1) is 0 Å². The van der Waals surface area contributed by atoms with Gasteiger partial charge in [0.25, 0.3) is 5.56 Å². The van der Waals surface area contributed by atoms with Crippen molar-refractivity contribution < 1.29 is 9.13 Å².